The lowest BCUT2D eigenvalue weighted by Gasteiger charge is -2.25. The van der Waals surface area contributed by atoms with E-state index in [1.807, 2.05) is 11.3 Å². The van der Waals surface area contributed by atoms with Crippen LogP contribution in [0.15, 0.2) is 5.38 Å². The number of nitrogens with one attached hydrogen (secondary N) is 1. The fourth-order valence-corrected chi connectivity index (χ4v) is 4.05. The number of rotatable bonds is 3. The third-order valence-electron chi connectivity index (χ3n) is 3.34. The monoisotopic (exact) mass is 223 g/mol. The molecule has 0 amide bonds. The van der Waals surface area contributed by atoms with Crippen LogP contribution in [0.4, 0.5) is 0 Å². The van der Waals surface area contributed by atoms with Crippen LogP contribution in [0, 0.1) is 5.92 Å². The number of hydrogen-bond acceptors (Lipinski definition) is 2. The topological polar surface area (TPSA) is 12.0 Å². The number of fused-ring (bicyclic) bond motifs is 1. The van der Waals surface area contributed by atoms with E-state index in [-0.39, 0.29) is 0 Å². The highest BCUT2D eigenvalue weighted by molar-refractivity contribution is 7.10. The van der Waals surface area contributed by atoms with E-state index in [1.54, 1.807) is 16.0 Å². The first-order valence-electron chi connectivity index (χ1n) is 6.02. The van der Waals surface area contributed by atoms with E-state index in [0.29, 0.717) is 0 Å². The summed E-state index contributed by atoms with van der Waals surface area (Å²) in [6.45, 7) is 9.06. The fraction of sp³-hybridized carbons (Fsp3) is 0.692. The van der Waals surface area contributed by atoms with Gasteiger partial charge in [0.05, 0.1) is 0 Å². The molecule has 0 aromatic carbocycles. The van der Waals surface area contributed by atoms with Crippen molar-refractivity contribution in [2.45, 2.75) is 46.1 Å². The van der Waals surface area contributed by atoms with Crippen LogP contribution in [0.3, 0.4) is 0 Å². The molecule has 0 bridgehead atoms. The molecule has 1 N–H and O–H groups in total. The third-order valence-corrected chi connectivity index (χ3v) is 4.41. The van der Waals surface area contributed by atoms with Crippen molar-refractivity contribution < 1.29 is 0 Å². The minimum absolute atomic E-state index is 0.767. The predicted molar refractivity (Wildman–Crippen MR) is 67.6 cm³/mol. The maximum Gasteiger partial charge on any atom is 0.0216 e. The smallest absolute Gasteiger partial charge is 0.0216 e. The number of hydrogen-bond donors (Lipinski definition) is 1. The summed E-state index contributed by atoms with van der Waals surface area (Å²) in [6.07, 6.45) is 2.67. The lowest BCUT2D eigenvalue weighted by Crippen LogP contribution is -2.17. The molecule has 1 aromatic heterocycles. The Morgan fingerprint density at radius 1 is 1.47 bits per heavy atom. The quantitative estimate of drug-likeness (QED) is 0.826. The van der Waals surface area contributed by atoms with Crippen molar-refractivity contribution in [3.8, 4) is 0 Å². The lowest BCUT2D eigenvalue weighted by molar-refractivity contribution is 0.452. The molecule has 0 spiro atoms. The lowest BCUT2D eigenvalue weighted by atomic mass is 9.81. The third kappa shape index (κ3) is 2.26. The Labute approximate surface area is 96.9 Å². The first-order chi connectivity index (χ1) is 7.22. The zero-order chi connectivity index (χ0) is 10.8. The summed E-state index contributed by atoms with van der Waals surface area (Å²) in [5, 5.41) is 5.80. The van der Waals surface area contributed by atoms with E-state index in [4.69, 9.17) is 0 Å². The molecule has 1 aliphatic carbocycles. The van der Waals surface area contributed by atoms with Crippen molar-refractivity contribution >= 4 is 11.3 Å². The SMILES string of the molecule is CCNCc1csc2c1C(C)CC(C)C2. The van der Waals surface area contributed by atoms with Crippen LogP contribution < -0.4 is 5.32 Å². The van der Waals surface area contributed by atoms with E-state index < -0.39 is 0 Å². The summed E-state index contributed by atoms with van der Waals surface area (Å²) in [4.78, 5) is 1.65. The molecule has 0 aliphatic heterocycles. The minimum atomic E-state index is 0.767. The van der Waals surface area contributed by atoms with E-state index >= 15 is 0 Å². The van der Waals surface area contributed by atoms with Gasteiger partial charge >= 0.3 is 0 Å². The zero-order valence-electron chi connectivity index (χ0n) is 9.97. The van der Waals surface area contributed by atoms with Crippen molar-refractivity contribution in [1.29, 1.82) is 0 Å². The molecule has 2 rings (SSSR count). The Morgan fingerprint density at radius 2 is 2.27 bits per heavy atom. The molecule has 0 radical (unpaired) electrons. The van der Waals surface area contributed by atoms with Crippen molar-refractivity contribution in [2.75, 3.05) is 6.54 Å². The number of thiophene rings is 1. The van der Waals surface area contributed by atoms with Gasteiger partial charge in [-0.3, -0.25) is 0 Å². The second kappa shape index (κ2) is 4.67. The summed E-state index contributed by atoms with van der Waals surface area (Å²) < 4.78 is 0. The van der Waals surface area contributed by atoms with Gasteiger partial charge in [-0.1, -0.05) is 20.8 Å². The van der Waals surface area contributed by atoms with Crippen molar-refractivity contribution in [3.05, 3.63) is 21.4 Å². The second-order valence-corrected chi connectivity index (χ2v) is 5.79. The highest BCUT2D eigenvalue weighted by atomic mass is 32.1. The molecule has 1 aliphatic rings. The maximum atomic E-state index is 3.44. The van der Waals surface area contributed by atoms with Crippen LogP contribution in [0.5, 0.6) is 0 Å². The van der Waals surface area contributed by atoms with Crippen molar-refractivity contribution in [1.82, 2.24) is 5.32 Å². The average Bonchev–Trinajstić information content (AvgIpc) is 2.58. The van der Waals surface area contributed by atoms with Crippen LogP contribution in [-0.4, -0.2) is 6.54 Å². The van der Waals surface area contributed by atoms with Crippen LogP contribution in [0.25, 0.3) is 0 Å². The average molecular weight is 223 g/mol. The summed E-state index contributed by atoms with van der Waals surface area (Å²) in [5.41, 5.74) is 3.22. The van der Waals surface area contributed by atoms with Gasteiger partial charge in [0.2, 0.25) is 0 Å². The van der Waals surface area contributed by atoms with Crippen LogP contribution in [-0.2, 0) is 13.0 Å². The second-order valence-electron chi connectivity index (χ2n) is 4.82. The Hall–Kier alpha value is -0.340. The van der Waals surface area contributed by atoms with Gasteiger partial charge in [0.15, 0.2) is 0 Å². The van der Waals surface area contributed by atoms with Gasteiger partial charge < -0.3 is 5.32 Å². The highest BCUT2D eigenvalue weighted by Gasteiger charge is 2.25. The molecular weight excluding hydrogens is 202 g/mol. The molecule has 2 unspecified atom stereocenters. The molecule has 1 aromatic rings. The van der Waals surface area contributed by atoms with Gasteiger partial charge in [-0.25, -0.2) is 0 Å². The summed E-state index contributed by atoms with van der Waals surface area (Å²) in [7, 11) is 0. The molecular formula is C13H21NS. The molecule has 2 atom stereocenters. The molecule has 0 saturated heterocycles. The molecule has 2 heteroatoms. The van der Waals surface area contributed by atoms with Gasteiger partial charge in [-0.15, -0.1) is 11.3 Å². The van der Waals surface area contributed by atoms with Gasteiger partial charge in [-0.2, -0.15) is 0 Å². The van der Waals surface area contributed by atoms with Crippen LogP contribution >= 0.6 is 11.3 Å². The first kappa shape index (κ1) is 11.2. The van der Waals surface area contributed by atoms with Gasteiger partial charge in [0.25, 0.3) is 0 Å². The molecule has 1 heterocycles. The largest absolute Gasteiger partial charge is 0.313 e. The molecule has 1 nitrogen and oxygen atoms in total. The normalized spacial score (nSPS) is 25.3. The van der Waals surface area contributed by atoms with Crippen molar-refractivity contribution in [2.24, 2.45) is 5.92 Å². The summed E-state index contributed by atoms with van der Waals surface area (Å²) in [6, 6.07) is 0. The first-order valence-corrected chi connectivity index (χ1v) is 6.90. The standard InChI is InChI=1S/C13H21NS/c1-4-14-7-11-8-15-12-6-9(2)5-10(3)13(11)12/h8-10,14H,4-7H2,1-3H3. The summed E-state index contributed by atoms with van der Waals surface area (Å²) >= 11 is 1.97. The van der Waals surface area contributed by atoms with E-state index in [0.717, 1.165) is 24.9 Å². The van der Waals surface area contributed by atoms with Crippen molar-refractivity contribution in [3.63, 3.8) is 0 Å². The fourth-order valence-electron chi connectivity index (χ4n) is 2.72. The van der Waals surface area contributed by atoms with Crippen LogP contribution in [0.1, 0.15) is 49.1 Å². The Balaban J connectivity index is 2.21. The predicted octanol–water partition coefficient (Wildman–Crippen LogP) is 3.54. The Morgan fingerprint density at radius 3 is 3.00 bits per heavy atom. The molecule has 84 valence electrons. The maximum absolute atomic E-state index is 3.44. The van der Waals surface area contributed by atoms with Gasteiger partial charge in [-0.05, 0) is 47.7 Å². The Kier molecular flexibility index (Phi) is 3.47. The van der Waals surface area contributed by atoms with E-state index in [1.165, 1.54) is 12.8 Å². The van der Waals surface area contributed by atoms with Gasteiger partial charge in [0, 0.05) is 11.4 Å². The minimum Gasteiger partial charge on any atom is -0.313 e. The zero-order valence-corrected chi connectivity index (χ0v) is 10.8. The highest BCUT2D eigenvalue weighted by Crippen LogP contribution is 2.39. The van der Waals surface area contributed by atoms with E-state index in [2.05, 4.69) is 31.5 Å². The van der Waals surface area contributed by atoms with Gasteiger partial charge in [0.1, 0.15) is 0 Å². The molecule has 0 fully saturated rings. The Bertz CT molecular complexity index is 329. The molecule has 0 saturated carbocycles. The van der Waals surface area contributed by atoms with E-state index in [9.17, 15) is 0 Å². The molecule has 15 heavy (non-hydrogen) atoms. The van der Waals surface area contributed by atoms with Crippen LogP contribution in [0.2, 0.25) is 0 Å². The summed E-state index contributed by atoms with van der Waals surface area (Å²) in [5.74, 6) is 1.64.